The molecule has 0 unspecified atom stereocenters. The van der Waals surface area contributed by atoms with Gasteiger partial charge in [-0.1, -0.05) is 17.3 Å². The monoisotopic (exact) mass is 353 g/mol. The zero-order valence-corrected chi connectivity index (χ0v) is 12.0. The second-order valence-electron chi connectivity index (χ2n) is 4.74. The van der Waals surface area contributed by atoms with E-state index in [0.29, 0.717) is 0 Å². The van der Waals surface area contributed by atoms with Crippen LogP contribution in [-0.2, 0) is 23.7 Å². The largest absolute Gasteiger partial charge is 0.457 e. The summed E-state index contributed by atoms with van der Waals surface area (Å²) in [6.45, 7) is 0.631. The molecule has 24 heavy (non-hydrogen) atoms. The van der Waals surface area contributed by atoms with Crippen molar-refractivity contribution in [3.05, 3.63) is 52.4 Å². The van der Waals surface area contributed by atoms with E-state index in [-0.39, 0.29) is 11.3 Å². The summed E-state index contributed by atoms with van der Waals surface area (Å²) in [4.78, 5) is 11.8. The van der Waals surface area contributed by atoms with E-state index in [2.05, 4.69) is 9.68 Å². The molecule has 1 aromatic heterocycles. The van der Waals surface area contributed by atoms with Gasteiger partial charge in [-0.05, 0) is 24.6 Å². The fourth-order valence-electron chi connectivity index (χ4n) is 1.81. The Morgan fingerprint density at radius 3 is 2.17 bits per heavy atom. The predicted molar refractivity (Wildman–Crippen MR) is 66.8 cm³/mol. The van der Waals surface area contributed by atoms with Crippen LogP contribution in [-0.4, -0.2) is 11.1 Å². The Morgan fingerprint density at radius 2 is 1.67 bits per heavy atom. The highest BCUT2D eigenvalue weighted by Gasteiger charge is 2.42. The molecule has 130 valence electrons. The third kappa shape index (κ3) is 3.87. The number of halogens is 6. The Balaban J connectivity index is 2.11. The number of aryl methyl sites for hydroxylation is 1. The Morgan fingerprint density at radius 1 is 1.08 bits per heavy atom. The number of hydrogen-bond acceptors (Lipinski definition) is 4. The molecular weight excluding hydrogens is 344 g/mol. The van der Waals surface area contributed by atoms with Crippen molar-refractivity contribution in [1.82, 2.24) is 5.16 Å². The van der Waals surface area contributed by atoms with Crippen molar-refractivity contribution in [3.63, 3.8) is 0 Å². The summed E-state index contributed by atoms with van der Waals surface area (Å²) in [7, 11) is 0. The van der Waals surface area contributed by atoms with Crippen molar-refractivity contribution in [3.8, 4) is 0 Å². The molecule has 0 N–H and O–H groups in total. The normalized spacial score (nSPS) is 12.3. The number of rotatable bonds is 3. The smallest absolute Gasteiger partial charge is 0.453 e. The third-order valence-electron chi connectivity index (χ3n) is 2.98. The van der Waals surface area contributed by atoms with E-state index in [1.807, 2.05) is 0 Å². The van der Waals surface area contributed by atoms with Crippen molar-refractivity contribution >= 4 is 5.97 Å². The van der Waals surface area contributed by atoms with Gasteiger partial charge in [0.2, 0.25) is 0 Å². The van der Waals surface area contributed by atoms with Gasteiger partial charge < -0.3 is 9.26 Å². The molecule has 1 heterocycles. The quantitative estimate of drug-likeness (QED) is 0.607. The van der Waals surface area contributed by atoms with Gasteiger partial charge in [-0.15, -0.1) is 0 Å². The van der Waals surface area contributed by atoms with Crippen molar-refractivity contribution in [2.24, 2.45) is 0 Å². The molecule has 0 aliphatic rings. The first kappa shape index (κ1) is 17.8. The summed E-state index contributed by atoms with van der Waals surface area (Å²) in [5.74, 6) is -2.92. The maximum atomic E-state index is 12.7. The van der Waals surface area contributed by atoms with E-state index in [0.717, 1.165) is 31.2 Å². The highest BCUT2D eigenvalue weighted by Crippen LogP contribution is 2.34. The first-order valence-electron chi connectivity index (χ1n) is 6.37. The Bertz CT molecular complexity index is 730. The van der Waals surface area contributed by atoms with Crippen LogP contribution in [0.2, 0.25) is 0 Å². The van der Waals surface area contributed by atoms with Crippen LogP contribution in [0.15, 0.2) is 28.8 Å². The van der Waals surface area contributed by atoms with E-state index >= 15 is 0 Å². The molecule has 0 aliphatic heterocycles. The molecule has 0 atom stereocenters. The van der Waals surface area contributed by atoms with Crippen molar-refractivity contribution in [2.75, 3.05) is 0 Å². The minimum absolute atomic E-state index is 0.180. The van der Waals surface area contributed by atoms with Gasteiger partial charge in [-0.3, -0.25) is 0 Å². The molecule has 0 radical (unpaired) electrons. The van der Waals surface area contributed by atoms with Gasteiger partial charge in [0.1, 0.15) is 12.2 Å². The van der Waals surface area contributed by atoms with Gasteiger partial charge in [0, 0.05) is 0 Å². The number of carbonyl (C=O) groups is 1. The van der Waals surface area contributed by atoms with Gasteiger partial charge in [-0.25, -0.2) is 4.79 Å². The first-order valence-corrected chi connectivity index (χ1v) is 6.37. The SMILES string of the molecule is Cc1noc(C(F)(F)F)c1C(=O)OCc1ccc(C(F)(F)F)cc1. The summed E-state index contributed by atoms with van der Waals surface area (Å²) >= 11 is 0. The molecule has 2 aromatic rings. The molecule has 0 amide bonds. The van der Waals surface area contributed by atoms with E-state index in [4.69, 9.17) is 4.74 Å². The fraction of sp³-hybridized carbons (Fsp3) is 0.286. The van der Waals surface area contributed by atoms with Crippen molar-refractivity contribution < 1.29 is 40.4 Å². The van der Waals surface area contributed by atoms with Crippen molar-refractivity contribution in [1.29, 1.82) is 0 Å². The number of benzene rings is 1. The Hall–Kier alpha value is -2.52. The van der Waals surface area contributed by atoms with E-state index in [1.165, 1.54) is 0 Å². The molecule has 0 saturated carbocycles. The maximum absolute atomic E-state index is 12.7. The van der Waals surface area contributed by atoms with Gasteiger partial charge in [0.05, 0.1) is 11.3 Å². The molecule has 0 aliphatic carbocycles. The Labute approximate surface area is 131 Å². The van der Waals surface area contributed by atoms with Gasteiger partial charge in [0.25, 0.3) is 5.76 Å². The predicted octanol–water partition coefficient (Wildman–Crippen LogP) is 4.38. The standard InChI is InChI=1S/C14H9F6NO3/c1-7-10(11(24-21-7)14(18,19)20)12(22)23-6-8-2-4-9(5-3-8)13(15,16)17/h2-5H,6H2,1H3. The average Bonchev–Trinajstić information content (AvgIpc) is 2.86. The van der Waals surface area contributed by atoms with Gasteiger partial charge in [-0.2, -0.15) is 26.3 Å². The lowest BCUT2D eigenvalue weighted by atomic mass is 10.1. The number of carbonyl (C=O) groups excluding carboxylic acids is 1. The highest BCUT2D eigenvalue weighted by molar-refractivity contribution is 5.91. The highest BCUT2D eigenvalue weighted by atomic mass is 19.4. The fourth-order valence-corrected chi connectivity index (χ4v) is 1.81. The Kier molecular flexibility index (Phi) is 4.59. The lowest BCUT2D eigenvalue weighted by Crippen LogP contribution is -2.14. The third-order valence-corrected chi connectivity index (χ3v) is 2.98. The van der Waals surface area contributed by atoms with Crippen LogP contribution in [0.3, 0.4) is 0 Å². The minimum Gasteiger partial charge on any atom is -0.457 e. The van der Waals surface area contributed by atoms with Crippen molar-refractivity contribution in [2.45, 2.75) is 25.9 Å². The maximum Gasteiger partial charge on any atom is 0.453 e. The summed E-state index contributed by atoms with van der Waals surface area (Å²) in [5.41, 5.74) is -1.89. The zero-order chi connectivity index (χ0) is 18.1. The van der Waals surface area contributed by atoms with Crippen LogP contribution in [0.4, 0.5) is 26.3 Å². The van der Waals surface area contributed by atoms with Crippen LogP contribution in [0.5, 0.6) is 0 Å². The summed E-state index contributed by atoms with van der Waals surface area (Å²) < 4.78 is 84.1. The van der Waals surface area contributed by atoms with Crippen LogP contribution in [0, 0.1) is 6.92 Å². The topological polar surface area (TPSA) is 52.3 Å². The first-order chi connectivity index (χ1) is 11.0. The molecule has 2 rings (SSSR count). The van der Waals surface area contributed by atoms with Crippen LogP contribution >= 0.6 is 0 Å². The zero-order valence-electron chi connectivity index (χ0n) is 12.0. The molecule has 0 spiro atoms. The number of ether oxygens (including phenoxy) is 1. The molecule has 4 nitrogen and oxygen atoms in total. The molecule has 10 heteroatoms. The molecule has 0 fully saturated rings. The molecule has 1 aromatic carbocycles. The van der Waals surface area contributed by atoms with Gasteiger partial charge >= 0.3 is 18.3 Å². The summed E-state index contributed by atoms with van der Waals surface area (Å²) in [6, 6.07) is 3.66. The number of esters is 1. The minimum atomic E-state index is -4.93. The van der Waals surface area contributed by atoms with Crippen LogP contribution in [0.1, 0.15) is 32.9 Å². The molecule has 0 bridgehead atoms. The van der Waals surface area contributed by atoms with E-state index in [9.17, 15) is 31.1 Å². The van der Waals surface area contributed by atoms with E-state index in [1.54, 1.807) is 0 Å². The summed E-state index contributed by atoms with van der Waals surface area (Å²) in [6.07, 6.45) is -9.44. The van der Waals surface area contributed by atoms with Crippen LogP contribution in [0.25, 0.3) is 0 Å². The summed E-state index contributed by atoms with van der Waals surface area (Å²) in [5, 5.41) is 3.08. The lowest BCUT2D eigenvalue weighted by molar-refractivity contribution is -0.156. The number of nitrogens with zero attached hydrogens (tertiary/aromatic N) is 1. The van der Waals surface area contributed by atoms with E-state index < -0.39 is 41.8 Å². The average molecular weight is 353 g/mol. The van der Waals surface area contributed by atoms with Gasteiger partial charge in [0.15, 0.2) is 0 Å². The number of aromatic nitrogens is 1. The second-order valence-corrected chi connectivity index (χ2v) is 4.74. The second kappa shape index (κ2) is 6.17. The van der Waals surface area contributed by atoms with Crippen LogP contribution < -0.4 is 0 Å². The number of alkyl halides is 6. The number of hydrogen-bond donors (Lipinski definition) is 0. The molecular formula is C14H9F6NO3. The molecule has 0 saturated heterocycles. The lowest BCUT2D eigenvalue weighted by Gasteiger charge is -2.09.